The molecule has 0 fully saturated rings. The molecule has 0 saturated heterocycles. The number of aromatic nitrogens is 3. The highest BCUT2D eigenvalue weighted by Gasteiger charge is 2.33. The second kappa shape index (κ2) is 10.5. The van der Waals surface area contributed by atoms with Gasteiger partial charge >= 0.3 is 0 Å². The van der Waals surface area contributed by atoms with Crippen molar-refractivity contribution in [3.05, 3.63) is 99.9 Å². The Hall–Kier alpha value is -3.78. The molecule has 0 unspecified atom stereocenters. The van der Waals surface area contributed by atoms with E-state index in [0.717, 1.165) is 53.5 Å². The molecule has 196 valence electrons. The number of nitrogens with zero attached hydrogens (tertiary/aromatic N) is 3. The minimum Gasteiger partial charge on any atom is -0.492 e. The highest BCUT2D eigenvalue weighted by atomic mass is 32.2. The first kappa shape index (κ1) is 25.9. The molecule has 1 aliphatic rings. The third-order valence-corrected chi connectivity index (χ3v) is 9.08. The number of hydrogen-bond donors (Lipinski definition) is 1. The van der Waals surface area contributed by atoms with Crippen LogP contribution in [0.4, 0.5) is 0 Å². The number of benzene rings is 2. The molecule has 0 spiro atoms. The molecule has 7 nitrogen and oxygen atoms in total. The second-order valence-corrected chi connectivity index (χ2v) is 11.7. The third-order valence-electron chi connectivity index (χ3n) is 7.30. The lowest BCUT2D eigenvalue weighted by Gasteiger charge is -2.29. The molecule has 38 heavy (non-hydrogen) atoms. The average molecular weight is 530 g/mol. The summed E-state index contributed by atoms with van der Waals surface area (Å²) in [6, 6.07) is 15.8. The van der Waals surface area contributed by atoms with Crippen LogP contribution < -0.4 is 5.56 Å². The van der Waals surface area contributed by atoms with Crippen molar-refractivity contribution in [1.29, 1.82) is 0 Å². The van der Waals surface area contributed by atoms with Gasteiger partial charge in [-0.2, -0.15) is 4.98 Å². The van der Waals surface area contributed by atoms with Gasteiger partial charge in [0.05, 0.1) is 10.9 Å². The van der Waals surface area contributed by atoms with Gasteiger partial charge < -0.3 is 5.11 Å². The maximum Gasteiger partial charge on any atom is 0.277 e. The number of rotatable bonds is 7. The lowest BCUT2D eigenvalue weighted by molar-refractivity contribution is 0.396. The lowest BCUT2D eigenvalue weighted by Crippen LogP contribution is -2.35. The Labute approximate surface area is 222 Å². The average Bonchev–Trinajstić information content (AvgIpc) is 2.92. The number of unbranched alkanes of at least 4 members (excludes halogenated alkanes) is 1. The molecule has 0 amide bonds. The number of pyridine rings is 1. The summed E-state index contributed by atoms with van der Waals surface area (Å²) in [5, 5.41) is 10.8. The Balaban J connectivity index is 1.64. The van der Waals surface area contributed by atoms with Crippen molar-refractivity contribution in [1.82, 2.24) is 14.5 Å². The van der Waals surface area contributed by atoms with Gasteiger partial charge in [0.25, 0.3) is 5.56 Å². The Bertz CT molecular complexity index is 1640. The van der Waals surface area contributed by atoms with E-state index < -0.39 is 26.2 Å². The summed E-state index contributed by atoms with van der Waals surface area (Å²) in [6.45, 7) is 3.97. The van der Waals surface area contributed by atoms with Crippen LogP contribution in [0.5, 0.6) is 5.88 Å². The predicted molar refractivity (Wildman–Crippen MR) is 146 cm³/mol. The van der Waals surface area contributed by atoms with Crippen LogP contribution in [0.25, 0.3) is 11.1 Å². The molecule has 2 aromatic carbocycles. The smallest absolute Gasteiger partial charge is 0.277 e. The number of aryl methyl sites for hydroxylation is 3. The highest BCUT2D eigenvalue weighted by Crippen LogP contribution is 2.35. The van der Waals surface area contributed by atoms with Crippen molar-refractivity contribution in [2.75, 3.05) is 0 Å². The number of sulfone groups is 1. The van der Waals surface area contributed by atoms with Gasteiger partial charge in [0.15, 0.2) is 4.90 Å². The lowest BCUT2D eigenvalue weighted by atomic mass is 9.87. The van der Waals surface area contributed by atoms with Gasteiger partial charge in [-0.25, -0.2) is 8.42 Å². The molecular formula is C30H31N3O4S. The number of hydrogen-bond acceptors (Lipinski definition) is 6. The molecule has 0 bridgehead atoms. The normalized spacial score (nSPS) is 15.3. The molecule has 0 saturated carbocycles. The van der Waals surface area contributed by atoms with Crippen LogP contribution in [0.1, 0.15) is 61.2 Å². The Morgan fingerprint density at radius 1 is 1.08 bits per heavy atom. The molecular weight excluding hydrogens is 498 g/mol. The minimum absolute atomic E-state index is 0.0703. The van der Waals surface area contributed by atoms with Crippen LogP contribution >= 0.6 is 0 Å². The molecule has 0 radical (unpaired) electrons. The fourth-order valence-electron chi connectivity index (χ4n) is 5.34. The SMILES string of the molecule is CCCCc1nc(O)c(S(=O)(=O)c2ccc(-c3ccncc3C)cc2)c(=O)n1[C@H]1CCCc2ccccc21. The monoisotopic (exact) mass is 529 g/mol. The van der Waals surface area contributed by atoms with Gasteiger partial charge in [0.2, 0.25) is 15.7 Å². The molecule has 1 aliphatic carbocycles. The summed E-state index contributed by atoms with van der Waals surface area (Å²) in [6.07, 6.45) is 8.02. The van der Waals surface area contributed by atoms with E-state index in [2.05, 4.69) is 16.0 Å². The topological polar surface area (TPSA) is 102 Å². The standard InChI is InChI=1S/C30H31N3O4S/c1-3-4-12-27-32-29(34)28(30(35)33(27)26-11-7-9-21-8-5-6-10-25(21)26)38(36,37)23-15-13-22(14-16-23)24-17-18-31-19-20(24)2/h5-6,8,10,13-19,26,34H,3-4,7,9,11-12H2,1-2H3/t26-/m0/s1. The molecule has 1 atom stereocenters. The first-order valence-corrected chi connectivity index (χ1v) is 14.5. The van der Waals surface area contributed by atoms with E-state index in [-0.39, 0.29) is 10.9 Å². The molecule has 5 rings (SSSR count). The van der Waals surface area contributed by atoms with E-state index in [1.165, 1.54) is 16.7 Å². The van der Waals surface area contributed by atoms with E-state index >= 15 is 0 Å². The number of aromatic hydroxyl groups is 1. The van der Waals surface area contributed by atoms with E-state index in [4.69, 9.17) is 0 Å². The van der Waals surface area contributed by atoms with Crippen LogP contribution in [-0.2, 0) is 22.7 Å². The zero-order valence-electron chi connectivity index (χ0n) is 21.6. The molecule has 2 heterocycles. The Kier molecular flexibility index (Phi) is 7.17. The van der Waals surface area contributed by atoms with Crippen molar-refractivity contribution in [2.45, 2.75) is 68.2 Å². The molecule has 1 N–H and O–H groups in total. The van der Waals surface area contributed by atoms with Crippen molar-refractivity contribution in [3.63, 3.8) is 0 Å². The van der Waals surface area contributed by atoms with E-state index in [9.17, 15) is 18.3 Å². The van der Waals surface area contributed by atoms with Crippen LogP contribution in [-0.4, -0.2) is 28.1 Å². The third kappa shape index (κ3) is 4.65. The van der Waals surface area contributed by atoms with Gasteiger partial charge in [0, 0.05) is 18.8 Å². The van der Waals surface area contributed by atoms with Crippen molar-refractivity contribution in [3.8, 4) is 17.0 Å². The van der Waals surface area contributed by atoms with Crippen molar-refractivity contribution in [2.24, 2.45) is 0 Å². The summed E-state index contributed by atoms with van der Waals surface area (Å²) in [5.74, 6) is -0.325. The van der Waals surface area contributed by atoms with Gasteiger partial charge in [0.1, 0.15) is 5.82 Å². The quantitative estimate of drug-likeness (QED) is 0.343. The van der Waals surface area contributed by atoms with Gasteiger partial charge in [-0.15, -0.1) is 0 Å². The summed E-state index contributed by atoms with van der Waals surface area (Å²) in [7, 11) is -4.34. The Morgan fingerprint density at radius 2 is 1.84 bits per heavy atom. The predicted octanol–water partition coefficient (Wildman–Crippen LogP) is 5.42. The minimum atomic E-state index is -4.34. The molecule has 2 aromatic heterocycles. The summed E-state index contributed by atoms with van der Waals surface area (Å²) in [5.41, 5.74) is 4.16. The van der Waals surface area contributed by atoms with E-state index in [1.54, 1.807) is 24.5 Å². The molecule has 0 aliphatic heterocycles. The van der Waals surface area contributed by atoms with E-state index in [1.807, 2.05) is 38.1 Å². The van der Waals surface area contributed by atoms with Crippen LogP contribution in [0.3, 0.4) is 0 Å². The van der Waals surface area contributed by atoms with Gasteiger partial charge in [-0.3, -0.25) is 14.3 Å². The van der Waals surface area contributed by atoms with Gasteiger partial charge in [-0.05, 0) is 78.6 Å². The van der Waals surface area contributed by atoms with E-state index in [0.29, 0.717) is 18.7 Å². The summed E-state index contributed by atoms with van der Waals surface area (Å²) >= 11 is 0. The first-order chi connectivity index (χ1) is 18.3. The highest BCUT2D eigenvalue weighted by molar-refractivity contribution is 7.91. The van der Waals surface area contributed by atoms with Crippen LogP contribution in [0.15, 0.2) is 81.6 Å². The molecule has 8 heteroatoms. The fourth-order valence-corrected chi connectivity index (χ4v) is 6.69. The Morgan fingerprint density at radius 3 is 2.58 bits per heavy atom. The maximum absolute atomic E-state index is 14.0. The van der Waals surface area contributed by atoms with Crippen LogP contribution in [0.2, 0.25) is 0 Å². The van der Waals surface area contributed by atoms with Crippen LogP contribution in [0, 0.1) is 6.92 Å². The largest absolute Gasteiger partial charge is 0.492 e. The summed E-state index contributed by atoms with van der Waals surface area (Å²) in [4.78, 5) is 21.7. The fraction of sp³-hybridized carbons (Fsp3) is 0.300. The zero-order valence-corrected chi connectivity index (χ0v) is 22.4. The molecule has 4 aromatic rings. The van der Waals surface area contributed by atoms with Gasteiger partial charge in [-0.1, -0.05) is 49.7 Å². The zero-order chi connectivity index (χ0) is 26.9. The summed E-state index contributed by atoms with van der Waals surface area (Å²) < 4.78 is 29.1. The maximum atomic E-state index is 14.0. The first-order valence-electron chi connectivity index (χ1n) is 13.0. The number of fused-ring (bicyclic) bond motifs is 1. The van der Waals surface area contributed by atoms with Crippen molar-refractivity contribution < 1.29 is 13.5 Å². The van der Waals surface area contributed by atoms with Crippen molar-refractivity contribution >= 4 is 9.84 Å². The second-order valence-electron chi connectivity index (χ2n) is 9.78.